The van der Waals surface area contributed by atoms with Gasteiger partial charge in [0, 0.05) is 4.47 Å². The Hall–Kier alpha value is -2.02. The fourth-order valence-electron chi connectivity index (χ4n) is 1.52. The van der Waals surface area contributed by atoms with Gasteiger partial charge in [-0.15, -0.1) is 5.10 Å². The molecule has 0 aliphatic rings. The molecule has 3 aromatic rings. The molecule has 0 N–H and O–H groups in total. The van der Waals surface area contributed by atoms with E-state index in [0.29, 0.717) is 17.3 Å². The molecule has 0 unspecified atom stereocenters. The summed E-state index contributed by atoms with van der Waals surface area (Å²) in [6.07, 6.45) is 3.14. The average Bonchev–Trinajstić information content (AvgIpc) is 2.83. The van der Waals surface area contributed by atoms with Crippen molar-refractivity contribution in [1.82, 2.24) is 25.0 Å². The Morgan fingerprint density at radius 3 is 3.00 bits per heavy atom. The van der Waals surface area contributed by atoms with Crippen molar-refractivity contribution in [2.75, 3.05) is 0 Å². The van der Waals surface area contributed by atoms with Gasteiger partial charge in [-0.2, -0.15) is 4.52 Å². The van der Waals surface area contributed by atoms with Gasteiger partial charge in [-0.1, -0.05) is 15.9 Å². The molecule has 0 aliphatic carbocycles. The van der Waals surface area contributed by atoms with Crippen molar-refractivity contribution in [2.45, 2.75) is 6.92 Å². The number of aromatic nitrogens is 5. The van der Waals surface area contributed by atoms with Crippen LogP contribution in [0.25, 0.3) is 5.65 Å². The van der Waals surface area contributed by atoms with Crippen LogP contribution in [0.3, 0.4) is 0 Å². The lowest BCUT2D eigenvalue weighted by Gasteiger charge is -2.07. The van der Waals surface area contributed by atoms with Crippen LogP contribution in [0.5, 0.6) is 11.6 Å². The summed E-state index contributed by atoms with van der Waals surface area (Å²) in [7, 11) is 0. The predicted molar refractivity (Wildman–Crippen MR) is 67.5 cm³/mol. The van der Waals surface area contributed by atoms with E-state index in [-0.39, 0.29) is 0 Å². The molecular formula is C11H8BrN5O. The molecular weight excluding hydrogens is 298 g/mol. The van der Waals surface area contributed by atoms with Gasteiger partial charge in [0.1, 0.15) is 5.75 Å². The standard InChI is InChI=1S/C11H8BrN5O/c1-7-4-8(2-3-9(7)12)18-11-6-13-5-10-14-15-16-17(10)11/h2-6H,1H3. The Morgan fingerprint density at radius 1 is 1.28 bits per heavy atom. The Morgan fingerprint density at radius 2 is 2.17 bits per heavy atom. The van der Waals surface area contributed by atoms with Crippen LogP contribution in [0.4, 0.5) is 0 Å². The van der Waals surface area contributed by atoms with Crippen molar-refractivity contribution in [2.24, 2.45) is 0 Å². The number of aryl methyl sites for hydroxylation is 1. The zero-order chi connectivity index (χ0) is 12.5. The molecule has 6 nitrogen and oxygen atoms in total. The fourth-order valence-corrected chi connectivity index (χ4v) is 1.77. The lowest BCUT2D eigenvalue weighted by Crippen LogP contribution is -1.97. The Kier molecular flexibility index (Phi) is 2.67. The van der Waals surface area contributed by atoms with Gasteiger partial charge in [-0.05, 0) is 41.1 Å². The Bertz CT molecular complexity index is 711. The monoisotopic (exact) mass is 305 g/mol. The van der Waals surface area contributed by atoms with Gasteiger partial charge in [0.05, 0.1) is 12.4 Å². The number of hydrogen-bond acceptors (Lipinski definition) is 5. The van der Waals surface area contributed by atoms with Crippen LogP contribution in [0, 0.1) is 6.92 Å². The maximum Gasteiger partial charge on any atom is 0.242 e. The smallest absolute Gasteiger partial charge is 0.242 e. The van der Waals surface area contributed by atoms with E-state index in [1.54, 1.807) is 12.4 Å². The number of benzene rings is 1. The summed E-state index contributed by atoms with van der Waals surface area (Å²) in [5.74, 6) is 1.18. The minimum atomic E-state index is 0.472. The van der Waals surface area contributed by atoms with Crippen LogP contribution < -0.4 is 4.74 Å². The Labute approximate surface area is 111 Å². The van der Waals surface area contributed by atoms with Gasteiger partial charge in [0.2, 0.25) is 11.5 Å². The third kappa shape index (κ3) is 1.92. The zero-order valence-corrected chi connectivity index (χ0v) is 11.0. The molecule has 2 aromatic heterocycles. The van der Waals surface area contributed by atoms with Crippen LogP contribution in [-0.4, -0.2) is 25.0 Å². The molecule has 0 aliphatic heterocycles. The van der Waals surface area contributed by atoms with Gasteiger partial charge < -0.3 is 4.74 Å². The second-order valence-corrected chi connectivity index (χ2v) is 4.56. The molecule has 7 heteroatoms. The van der Waals surface area contributed by atoms with Crippen LogP contribution in [0.2, 0.25) is 0 Å². The normalized spacial score (nSPS) is 10.8. The number of fused-ring (bicyclic) bond motifs is 1. The largest absolute Gasteiger partial charge is 0.437 e. The lowest BCUT2D eigenvalue weighted by molar-refractivity contribution is 0.441. The van der Waals surface area contributed by atoms with Crippen molar-refractivity contribution in [3.8, 4) is 11.6 Å². The molecule has 0 amide bonds. The predicted octanol–water partition coefficient (Wildman–Crippen LogP) is 2.38. The molecule has 1 aromatic carbocycles. The van der Waals surface area contributed by atoms with Gasteiger partial charge in [-0.25, -0.2) is 0 Å². The molecule has 18 heavy (non-hydrogen) atoms. The van der Waals surface area contributed by atoms with Crippen LogP contribution in [-0.2, 0) is 0 Å². The molecule has 0 radical (unpaired) electrons. The van der Waals surface area contributed by atoms with Gasteiger partial charge in [0.15, 0.2) is 0 Å². The van der Waals surface area contributed by atoms with Crippen molar-refractivity contribution >= 4 is 21.6 Å². The van der Waals surface area contributed by atoms with E-state index < -0.39 is 0 Å². The third-order valence-electron chi connectivity index (χ3n) is 2.43. The quantitative estimate of drug-likeness (QED) is 0.727. The molecule has 0 fully saturated rings. The first-order valence-electron chi connectivity index (χ1n) is 5.20. The molecule has 90 valence electrons. The minimum absolute atomic E-state index is 0.472. The average molecular weight is 306 g/mol. The first-order valence-corrected chi connectivity index (χ1v) is 5.99. The zero-order valence-electron chi connectivity index (χ0n) is 9.41. The molecule has 3 rings (SSSR count). The molecule has 0 atom stereocenters. The number of nitrogens with zero attached hydrogens (tertiary/aromatic N) is 5. The molecule has 0 saturated carbocycles. The highest BCUT2D eigenvalue weighted by Gasteiger charge is 2.06. The van der Waals surface area contributed by atoms with Crippen molar-refractivity contribution in [3.05, 3.63) is 40.6 Å². The maximum atomic E-state index is 5.72. The van der Waals surface area contributed by atoms with E-state index in [1.807, 2.05) is 25.1 Å². The number of halogens is 1. The van der Waals surface area contributed by atoms with Crippen molar-refractivity contribution in [1.29, 1.82) is 0 Å². The van der Waals surface area contributed by atoms with Crippen molar-refractivity contribution in [3.63, 3.8) is 0 Å². The molecule has 2 heterocycles. The van der Waals surface area contributed by atoms with Gasteiger partial charge in [0.25, 0.3) is 0 Å². The highest BCUT2D eigenvalue weighted by Crippen LogP contribution is 2.25. The van der Waals surface area contributed by atoms with Crippen molar-refractivity contribution < 1.29 is 4.74 Å². The number of hydrogen-bond donors (Lipinski definition) is 0. The summed E-state index contributed by atoms with van der Waals surface area (Å²) >= 11 is 3.44. The fraction of sp³-hybridized carbons (Fsp3) is 0.0909. The first-order chi connectivity index (χ1) is 8.74. The SMILES string of the molecule is Cc1cc(Oc2cncc3nnnn23)ccc1Br. The summed E-state index contributed by atoms with van der Waals surface area (Å²) in [5.41, 5.74) is 1.63. The van der Waals surface area contributed by atoms with Crippen LogP contribution in [0.1, 0.15) is 5.56 Å². The Balaban J connectivity index is 2.01. The maximum absolute atomic E-state index is 5.72. The molecule has 0 spiro atoms. The van der Waals surface area contributed by atoms with E-state index in [4.69, 9.17) is 4.74 Å². The van der Waals surface area contributed by atoms with Gasteiger partial charge in [-0.3, -0.25) is 4.98 Å². The van der Waals surface area contributed by atoms with Crippen LogP contribution in [0.15, 0.2) is 35.1 Å². The second kappa shape index (κ2) is 4.34. The van der Waals surface area contributed by atoms with E-state index in [2.05, 4.69) is 36.4 Å². The lowest BCUT2D eigenvalue weighted by atomic mass is 10.2. The highest BCUT2D eigenvalue weighted by molar-refractivity contribution is 9.10. The minimum Gasteiger partial charge on any atom is -0.437 e. The number of tetrazole rings is 1. The molecule has 0 bridgehead atoms. The van der Waals surface area contributed by atoms with Gasteiger partial charge >= 0.3 is 0 Å². The van der Waals surface area contributed by atoms with E-state index in [1.165, 1.54) is 4.52 Å². The summed E-state index contributed by atoms with van der Waals surface area (Å²) in [6.45, 7) is 1.99. The summed E-state index contributed by atoms with van der Waals surface area (Å²) in [4.78, 5) is 4.02. The first kappa shape index (κ1) is 11.1. The summed E-state index contributed by atoms with van der Waals surface area (Å²) in [6, 6.07) is 5.71. The second-order valence-electron chi connectivity index (χ2n) is 3.71. The topological polar surface area (TPSA) is 65.2 Å². The van der Waals surface area contributed by atoms with E-state index >= 15 is 0 Å². The highest BCUT2D eigenvalue weighted by atomic mass is 79.9. The summed E-state index contributed by atoms with van der Waals surface area (Å²) < 4.78 is 8.25. The van der Waals surface area contributed by atoms with Crippen LogP contribution >= 0.6 is 15.9 Å². The van der Waals surface area contributed by atoms with E-state index in [0.717, 1.165) is 10.0 Å². The van der Waals surface area contributed by atoms with E-state index in [9.17, 15) is 0 Å². The molecule has 0 saturated heterocycles. The third-order valence-corrected chi connectivity index (χ3v) is 3.32. The number of rotatable bonds is 2. The summed E-state index contributed by atoms with van der Waals surface area (Å²) in [5, 5.41) is 11.2. The number of ether oxygens (including phenoxy) is 1.